The van der Waals surface area contributed by atoms with Gasteiger partial charge in [-0.2, -0.15) is 0 Å². The minimum Gasteiger partial charge on any atom is -0.390 e. The number of amides is 2. The number of anilines is 1. The molecule has 6 atom stereocenters. The quantitative estimate of drug-likeness (QED) is 0.753. The summed E-state index contributed by atoms with van der Waals surface area (Å²) in [6.45, 7) is 0. The first-order valence-corrected chi connectivity index (χ1v) is 7.38. The molecule has 1 aliphatic heterocycles. The van der Waals surface area contributed by atoms with Crippen LogP contribution in [-0.2, 0) is 9.59 Å². The van der Waals surface area contributed by atoms with E-state index < -0.39 is 24.0 Å². The summed E-state index contributed by atoms with van der Waals surface area (Å²) in [6, 6.07) is 6.52. The van der Waals surface area contributed by atoms with Gasteiger partial charge in [-0.3, -0.25) is 14.5 Å². The highest BCUT2D eigenvalue weighted by atomic mass is 35.5. The molecule has 2 N–H and O–H groups in total. The summed E-state index contributed by atoms with van der Waals surface area (Å²) in [7, 11) is 0. The number of fused-ring (bicyclic) bond motifs is 5. The number of hydrogen-bond donors (Lipinski definition) is 2. The first-order valence-electron chi connectivity index (χ1n) is 7.00. The van der Waals surface area contributed by atoms with Gasteiger partial charge >= 0.3 is 0 Å². The lowest BCUT2D eigenvalue weighted by molar-refractivity contribution is -0.129. The molecule has 0 radical (unpaired) electrons. The van der Waals surface area contributed by atoms with Crippen molar-refractivity contribution in [3.8, 4) is 0 Å². The van der Waals surface area contributed by atoms with Crippen LogP contribution in [0, 0.1) is 23.7 Å². The van der Waals surface area contributed by atoms with Crippen LogP contribution in [0.1, 0.15) is 6.42 Å². The summed E-state index contributed by atoms with van der Waals surface area (Å²) < 4.78 is 0. The lowest BCUT2D eigenvalue weighted by Crippen LogP contribution is -2.43. The molecule has 1 saturated heterocycles. The molecule has 1 aromatic rings. The van der Waals surface area contributed by atoms with E-state index in [0.717, 1.165) is 0 Å². The van der Waals surface area contributed by atoms with Gasteiger partial charge in [0.15, 0.2) is 0 Å². The van der Waals surface area contributed by atoms with E-state index in [9.17, 15) is 19.8 Å². The van der Waals surface area contributed by atoms with Crippen LogP contribution in [0.4, 0.5) is 5.69 Å². The van der Waals surface area contributed by atoms with E-state index in [1.54, 1.807) is 24.3 Å². The Hall–Kier alpha value is -1.43. The van der Waals surface area contributed by atoms with Gasteiger partial charge in [0.05, 0.1) is 29.7 Å². The van der Waals surface area contributed by atoms with Crippen molar-refractivity contribution in [3.63, 3.8) is 0 Å². The molecule has 0 aromatic heterocycles. The number of imide groups is 1. The van der Waals surface area contributed by atoms with Crippen LogP contribution >= 0.6 is 11.6 Å². The fourth-order valence-electron chi connectivity index (χ4n) is 4.28. The van der Waals surface area contributed by atoms with E-state index in [-0.39, 0.29) is 23.7 Å². The second-order valence-electron chi connectivity index (χ2n) is 6.08. The summed E-state index contributed by atoms with van der Waals surface area (Å²) in [5, 5.41) is 20.5. The zero-order valence-corrected chi connectivity index (χ0v) is 11.8. The Bertz CT molecular complexity index is 599. The third kappa shape index (κ3) is 1.59. The van der Waals surface area contributed by atoms with Crippen molar-refractivity contribution in [3.05, 3.63) is 29.3 Å². The molecule has 110 valence electrons. The zero-order chi connectivity index (χ0) is 14.9. The maximum Gasteiger partial charge on any atom is 0.238 e. The van der Waals surface area contributed by atoms with E-state index in [4.69, 9.17) is 11.6 Å². The highest BCUT2D eigenvalue weighted by Crippen LogP contribution is 2.56. The molecule has 0 spiro atoms. The Morgan fingerprint density at radius 2 is 1.43 bits per heavy atom. The summed E-state index contributed by atoms with van der Waals surface area (Å²) >= 11 is 5.83. The number of nitrogens with zero attached hydrogens (tertiary/aromatic N) is 1. The lowest BCUT2D eigenvalue weighted by Gasteiger charge is -2.29. The summed E-state index contributed by atoms with van der Waals surface area (Å²) in [6.07, 6.45) is -1.26. The third-order valence-corrected chi connectivity index (χ3v) is 5.43. The molecule has 1 aromatic carbocycles. The number of carbonyl (C=O) groups is 2. The standard InChI is InChI=1S/C15H14ClNO4/c16-6-1-3-7(4-2-6)17-14(20)10-8-5-9(11(10)15(17)21)13(19)12(8)18/h1-4,8-13,18-19H,5H2/t8-,9-,10-,11+,12-,13-/m0/s1. The molecule has 2 aliphatic carbocycles. The number of benzene rings is 1. The molecular weight excluding hydrogens is 294 g/mol. The third-order valence-electron chi connectivity index (χ3n) is 5.18. The summed E-state index contributed by atoms with van der Waals surface area (Å²) in [4.78, 5) is 26.4. The number of aliphatic hydroxyl groups excluding tert-OH is 2. The van der Waals surface area contributed by atoms with Crippen LogP contribution in [0.15, 0.2) is 24.3 Å². The van der Waals surface area contributed by atoms with Crippen molar-refractivity contribution < 1.29 is 19.8 Å². The van der Waals surface area contributed by atoms with E-state index in [2.05, 4.69) is 0 Å². The fraction of sp³-hybridized carbons (Fsp3) is 0.467. The van der Waals surface area contributed by atoms with E-state index >= 15 is 0 Å². The topological polar surface area (TPSA) is 77.8 Å². The van der Waals surface area contributed by atoms with Crippen LogP contribution in [0.5, 0.6) is 0 Å². The number of rotatable bonds is 1. The van der Waals surface area contributed by atoms with Gasteiger partial charge in [0.25, 0.3) is 0 Å². The normalized spacial score (nSPS) is 41.0. The van der Waals surface area contributed by atoms with Gasteiger partial charge in [0.1, 0.15) is 0 Å². The Labute approximate surface area is 126 Å². The second-order valence-corrected chi connectivity index (χ2v) is 6.52. The van der Waals surface area contributed by atoms with Crippen molar-refractivity contribution in [2.45, 2.75) is 18.6 Å². The Morgan fingerprint density at radius 3 is 1.90 bits per heavy atom. The first kappa shape index (κ1) is 13.2. The average molecular weight is 308 g/mol. The number of aliphatic hydroxyl groups is 2. The maximum absolute atomic E-state index is 12.6. The molecule has 1 heterocycles. The highest BCUT2D eigenvalue weighted by molar-refractivity contribution is 6.30. The summed E-state index contributed by atoms with van der Waals surface area (Å²) in [5.74, 6) is -2.18. The molecule has 2 saturated carbocycles. The van der Waals surface area contributed by atoms with E-state index in [1.165, 1.54) is 4.90 Å². The number of carbonyl (C=O) groups excluding carboxylic acids is 2. The van der Waals surface area contributed by atoms with Gasteiger partial charge in [-0.25, -0.2) is 0 Å². The van der Waals surface area contributed by atoms with Gasteiger partial charge in [-0.05, 0) is 30.7 Å². The predicted octanol–water partition coefficient (Wildman–Crippen LogP) is 0.817. The Kier molecular flexibility index (Phi) is 2.70. The smallest absolute Gasteiger partial charge is 0.238 e. The lowest BCUT2D eigenvalue weighted by atomic mass is 9.78. The largest absolute Gasteiger partial charge is 0.390 e. The van der Waals surface area contributed by atoms with Crippen LogP contribution in [0.3, 0.4) is 0 Å². The molecular formula is C15H14ClNO4. The fourth-order valence-corrected chi connectivity index (χ4v) is 4.40. The van der Waals surface area contributed by atoms with Crippen LogP contribution in [0.25, 0.3) is 0 Å². The molecule has 3 aliphatic rings. The van der Waals surface area contributed by atoms with Crippen LogP contribution in [0.2, 0.25) is 5.02 Å². The molecule has 2 amide bonds. The van der Waals surface area contributed by atoms with Crippen molar-refractivity contribution in [1.29, 1.82) is 0 Å². The van der Waals surface area contributed by atoms with Crippen LogP contribution in [-0.4, -0.2) is 34.2 Å². The van der Waals surface area contributed by atoms with Crippen molar-refractivity contribution >= 4 is 29.1 Å². The number of hydrogen-bond acceptors (Lipinski definition) is 4. The minimum atomic E-state index is -0.904. The van der Waals surface area contributed by atoms with Gasteiger partial charge in [0, 0.05) is 16.9 Å². The Morgan fingerprint density at radius 1 is 0.952 bits per heavy atom. The SMILES string of the molecule is O=C1[C@@H]2[C@@H]3C[C@H]([C@H](O)[C@H]3O)[C@@H]2C(=O)N1c1ccc(Cl)cc1. The van der Waals surface area contributed by atoms with Crippen molar-refractivity contribution in [1.82, 2.24) is 0 Å². The summed E-state index contributed by atoms with van der Waals surface area (Å²) in [5.41, 5.74) is 0.493. The van der Waals surface area contributed by atoms with Crippen LogP contribution < -0.4 is 4.90 Å². The van der Waals surface area contributed by atoms with Crippen molar-refractivity contribution in [2.75, 3.05) is 4.90 Å². The Balaban J connectivity index is 1.73. The van der Waals surface area contributed by atoms with Crippen molar-refractivity contribution in [2.24, 2.45) is 23.7 Å². The predicted molar refractivity (Wildman–Crippen MR) is 74.5 cm³/mol. The van der Waals surface area contributed by atoms with Gasteiger partial charge in [-0.1, -0.05) is 11.6 Å². The second kappa shape index (κ2) is 4.29. The molecule has 3 fully saturated rings. The molecule has 2 bridgehead atoms. The average Bonchev–Trinajstić information content (AvgIpc) is 3.06. The minimum absolute atomic E-state index is 0.272. The molecule has 0 unspecified atom stereocenters. The van der Waals surface area contributed by atoms with Gasteiger partial charge < -0.3 is 10.2 Å². The molecule has 4 rings (SSSR count). The molecule has 6 heteroatoms. The number of halogens is 1. The monoisotopic (exact) mass is 307 g/mol. The highest BCUT2D eigenvalue weighted by Gasteiger charge is 2.67. The molecule has 5 nitrogen and oxygen atoms in total. The zero-order valence-electron chi connectivity index (χ0n) is 11.0. The van der Waals surface area contributed by atoms with Gasteiger partial charge in [-0.15, -0.1) is 0 Å². The van der Waals surface area contributed by atoms with E-state index in [0.29, 0.717) is 17.1 Å². The maximum atomic E-state index is 12.6. The molecule has 21 heavy (non-hydrogen) atoms. The first-order chi connectivity index (χ1) is 10.0. The van der Waals surface area contributed by atoms with E-state index in [1.807, 2.05) is 0 Å². The van der Waals surface area contributed by atoms with Gasteiger partial charge in [0.2, 0.25) is 11.8 Å².